The molecule has 1 aromatic rings. The number of hydrogen-bond acceptors (Lipinski definition) is 4. The largest absolute Gasteiger partial charge is 0.467 e. The number of carbonyl (C=O) groups excluding carboxylic acids is 1. The smallest absolute Gasteiger partial charge is 0.236 e. The Morgan fingerprint density at radius 3 is 3.16 bits per heavy atom. The molecule has 2 heterocycles. The Morgan fingerprint density at radius 1 is 1.63 bits per heavy atom. The Balaban J connectivity index is 1.82. The van der Waals surface area contributed by atoms with Gasteiger partial charge in [-0.3, -0.25) is 9.69 Å². The van der Waals surface area contributed by atoms with Gasteiger partial charge in [-0.05, 0) is 38.6 Å². The van der Waals surface area contributed by atoms with E-state index in [1.807, 2.05) is 26.2 Å². The van der Waals surface area contributed by atoms with E-state index in [1.165, 1.54) is 12.8 Å². The number of nitrogens with one attached hydrogen (secondary N) is 1. The molecule has 5 nitrogen and oxygen atoms in total. The molecule has 0 spiro atoms. The molecule has 1 unspecified atom stereocenters. The Hall–Kier alpha value is -1.33. The third-order valence-corrected chi connectivity index (χ3v) is 3.68. The fraction of sp³-hybridized carbons (Fsp3) is 0.643. The third kappa shape index (κ3) is 3.81. The van der Waals surface area contributed by atoms with Crippen molar-refractivity contribution in [3.63, 3.8) is 0 Å². The number of carbonyl (C=O) groups is 1. The minimum Gasteiger partial charge on any atom is -0.467 e. The zero-order valence-corrected chi connectivity index (χ0v) is 11.8. The summed E-state index contributed by atoms with van der Waals surface area (Å²) in [6, 6.07) is 4.23. The van der Waals surface area contributed by atoms with Gasteiger partial charge in [-0.15, -0.1) is 0 Å². The van der Waals surface area contributed by atoms with Crippen molar-refractivity contribution in [2.45, 2.75) is 25.4 Å². The predicted molar refractivity (Wildman–Crippen MR) is 73.7 cm³/mol. The molecule has 1 aromatic heterocycles. The van der Waals surface area contributed by atoms with Crippen molar-refractivity contribution in [2.24, 2.45) is 0 Å². The normalized spacial score (nSPS) is 19.8. The first-order chi connectivity index (χ1) is 9.20. The summed E-state index contributed by atoms with van der Waals surface area (Å²) in [5.74, 6) is 0.975. The first-order valence-corrected chi connectivity index (χ1v) is 6.85. The molecule has 0 bridgehead atoms. The van der Waals surface area contributed by atoms with Gasteiger partial charge < -0.3 is 14.6 Å². The molecule has 1 aliphatic heterocycles. The molecule has 0 aliphatic carbocycles. The van der Waals surface area contributed by atoms with Gasteiger partial charge in [0.25, 0.3) is 0 Å². The second-order valence-electron chi connectivity index (χ2n) is 5.15. The standard InChI is InChI=1S/C14H23N3O2/c1-15-9-12-5-3-7-17(12)11-14(18)16(2)10-13-6-4-8-19-13/h4,6,8,12,15H,3,5,7,9-11H2,1-2H3. The highest BCUT2D eigenvalue weighted by Gasteiger charge is 2.26. The lowest BCUT2D eigenvalue weighted by Crippen LogP contribution is -2.43. The van der Waals surface area contributed by atoms with Crippen molar-refractivity contribution in [1.82, 2.24) is 15.1 Å². The van der Waals surface area contributed by atoms with Crippen LogP contribution < -0.4 is 5.32 Å². The molecule has 2 rings (SSSR count). The summed E-state index contributed by atoms with van der Waals surface area (Å²) in [6.07, 6.45) is 3.99. The molecule has 1 atom stereocenters. The van der Waals surface area contributed by atoms with E-state index < -0.39 is 0 Å². The zero-order valence-electron chi connectivity index (χ0n) is 11.8. The van der Waals surface area contributed by atoms with E-state index in [0.717, 1.165) is 18.8 Å². The summed E-state index contributed by atoms with van der Waals surface area (Å²) in [6.45, 7) is 3.02. The molecule has 0 radical (unpaired) electrons. The molecule has 106 valence electrons. The van der Waals surface area contributed by atoms with E-state index in [0.29, 0.717) is 19.1 Å². The number of furan rings is 1. The molecule has 1 aliphatic rings. The lowest BCUT2D eigenvalue weighted by molar-refractivity contribution is -0.132. The van der Waals surface area contributed by atoms with Gasteiger partial charge in [0.1, 0.15) is 5.76 Å². The van der Waals surface area contributed by atoms with Crippen molar-refractivity contribution in [3.8, 4) is 0 Å². The van der Waals surface area contributed by atoms with Gasteiger partial charge in [0.15, 0.2) is 0 Å². The third-order valence-electron chi connectivity index (χ3n) is 3.68. The first-order valence-electron chi connectivity index (χ1n) is 6.85. The summed E-state index contributed by atoms with van der Waals surface area (Å²) in [7, 11) is 3.79. The van der Waals surface area contributed by atoms with E-state index >= 15 is 0 Å². The maximum Gasteiger partial charge on any atom is 0.236 e. The van der Waals surface area contributed by atoms with Gasteiger partial charge in [-0.25, -0.2) is 0 Å². The van der Waals surface area contributed by atoms with Gasteiger partial charge in [0.2, 0.25) is 5.91 Å². The van der Waals surface area contributed by atoms with Crippen molar-refractivity contribution < 1.29 is 9.21 Å². The van der Waals surface area contributed by atoms with E-state index in [1.54, 1.807) is 11.2 Å². The fourth-order valence-electron chi connectivity index (χ4n) is 2.59. The maximum atomic E-state index is 12.2. The van der Waals surface area contributed by atoms with E-state index in [4.69, 9.17) is 4.42 Å². The van der Waals surface area contributed by atoms with Crippen LogP contribution in [0, 0.1) is 0 Å². The zero-order chi connectivity index (χ0) is 13.7. The van der Waals surface area contributed by atoms with Crippen LogP contribution in [0.15, 0.2) is 22.8 Å². The highest BCUT2D eigenvalue weighted by molar-refractivity contribution is 5.78. The lowest BCUT2D eigenvalue weighted by atomic mass is 10.2. The molecule has 0 aromatic carbocycles. The second kappa shape index (κ2) is 6.73. The van der Waals surface area contributed by atoms with Crippen LogP contribution in [0.1, 0.15) is 18.6 Å². The van der Waals surface area contributed by atoms with Crippen molar-refractivity contribution in [1.29, 1.82) is 0 Å². The minimum atomic E-state index is 0.152. The molecule has 1 saturated heterocycles. The van der Waals surface area contributed by atoms with Crippen molar-refractivity contribution in [2.75, 3.05) is 33.7 Å². The number of likely N-dealkylation sites (N-methyl/N-ethyl adjacent to an activating group) is 2. The van der Waals surface area contributed by atoms with E-state index in [9.17, 15) is 4.79 Å². The van der Waals surface area contributed by atoms with Crippen LogP contribution in [0.4, 0.5) is 0 Å². The summed E-state index contributed by atoms with van der Waals surface area (Å²) in [5, 5.41) is 3.20. The molecule has 1 fully saturated rings. The molecule has 1 amide bonds. The average molecular weight is 265 g/mol. The molecule has 5 heteroatoms. The highest BCUT2D eigenvalue weighted by atomic mass is 16.3. The Labute approximate surface area is 114 Å². The monoisotopic (exact) mass is 265 g/mol. The first kappa shape index (κ1) is 14.1. The van der Waals surface area contributed by atoms with Gasteiger partial charge in [-0.2, -0.15) is 0 Å². The Kier molecular flexibility index (Phi) is 4.99. The van der Waals surface area contributed by atoms with Crippen LogP contribution in [0.2, 0.25) is 0 Å². The summed E-state index contributed by atoms with van der Waals surface area (Å²) < 4.78 is 5.27. The van der Waals surface area contributed by atoms with E-state index in [2.05, 4.69) is 10.2 Å². The fourth-order valence-corrected chi connectivity index (χ4v) is 2.59. The summed E-state index contributed by atoms with van der Waals surface area (Å²) in [4.78, 5) is 16.2. The SMILES string of the molecule is CNCC1CCCN1CC(=O)N(C)Cc1ccco1. The van der Waals surface area contributed by atoms with Crippen LogP contribution in [0.25, 0.3) is 0 Å². The number of likely N-dealkylation sites (tertiary alicyclic amines) is 1. The summed E-state index contributed by atoms with van der Waals surface area (Å²) in [5.41, 5.74) is 0. The molecule has 19 heavy (non-hydrogen) atoms. The van der Waals surface area contributed by atoms with Crippen molar-refractivity contribution in [3.05, 3.63) is 24.2 Å². The maximum absolute atomic E-state index is 12.2. The lowest BCUT2D eigenvalue weighted by Gasteiger charge is -2.26. The molecule has 1 N–H and O–H groups in total. The van der Waals surface area contributed by atoms with Crippen LogP contribution in [-0.4, -0.2) is 55.5 Å². The Bertz CT molecular complexity index is 391. The summed E-state index contributed by atoms with van der Waals surface area (Å²) >= 11 is 0. The average Bonchev–Trinajstić information content (AvgIpc) is 3.02. The van der Waals surface area contributed by atoms with Crippen LogP contribution in [0.5, 0.6) is 0 Å². The Morgan fingerprint density at radius 2 is 2.47 bits per heavy atom. The van der Waals surface area contributed by atoms with Crippen LogP contribution in [0.3, 0.4) is 0 Å². The predicted octanol–water partition coefficient (Wildman–Crippen LogP) is 0.922. The van der Waals surface area contributed by atoms with E-state index in [-0.39, 0.29) is 5.91 Å². The quantitative estimate of drug-likeness (QED) is 0.831. The van der Waals surface area contributed by atoms with Gasteiger partial charge in [-0.1, -0.05) is 0 Å². The second-order valence-corrected chi connectivity index (χ2v) is 5.15. The number of amides is 1. The highest BCUT2D eigenvalue weighted by Crippen LogP contribution is 2.16. The van der Waals surface area contributed by atoms with Crippen molar-refractivity contribution >= 4 is 5.91 Å². The number of hydrogen-bond donors (Lipinski definition) is 1. The van der Waals surface area contributed by atoms with Gasteiger partial charge in [0.05, 0.1) is 19.4 Å². The molecular weight excluding hydrogens is 242 g/mol. The number of nitrogens with zero attached hydrogens (tertiary/aromatic N) is 2. The topological polar surface area (TPSA) is 48.7 Å². The van der Waals surface area contributed by atoms with Gasteiger partial charge >= 0.3 is 0 Å². The molecule has 0 saturated carbocycles. The molecular formula is C14H23N3O2. The number of rotatable bonds is 6. The van der Waals surface area contributed by atoms with Crippen LogP contribution in [-0.2, 0) is 11.3 Å². The van der Waals surface area contributed by atoms with Crippen LogP contribution >= 0.6 is 0 Å². The minimum absolute atomic E-state index is 0.152. The van der Waals surface area contributed by atoms with Gasteiger partial charge in [0, 0.05) is 19.6 Å².